The van der Waals surface area contributed by atoms with Gasteiger partial charge in [-0.1, -0.05) is 129 Å². The minimum absolute atomic E-state index is 0.886. The number of furan rings is 2. The largest absolute Gasteiger partial charge is 0.454 e. The van der Waals surface area contributed by atoms with Gasteiger partial charge in [0, 0.05) is 44.3 Å². The van der Waals surface area contributed by atoms with Gasteiger partial charge in [-0.25, -0.2) is 0 Å². The van der Waals surface area contributed by atoms with Crippen LogP contribution in [0.15, 0.2) is 203 Å². The second-order valence-electron chi connectivity index (χ2n) is 18.6. The summed E-state index contributed by atoms with van der Waals surface area (Å²) in [4.78, 5) is 4.68. The van der Waals surface area contributed by atoms with Crippen molar-refractivity contribution in [3.05, 3.63) is 200 Å². The second-order valence-corrected chi connectivity index (χ2v) is 23.6. The monoisotopic (exact) mass is 852 g/mol. The van der Waals surface area contributed by atoms with Gasteiger partial charge in [0.2, 0.25) is 0 Å². The van der Waals surface area contributed by atoms with Crippen molar-refractivity contribution in [2.45, 2.75) is 26.6 Å². The first-order valence-electron chi connectivity index (χ1n) is 22.5. The summed E-state index contributed by atoms with van der Waals surface area (Å²) >= 11 is 0. The predicted molar refractivity (Wildman–Crippen MR) is 278 cm³/mol. The first-order chi connectivity index (χ1) is 31.8. The predicted octanol–water partition coefficient (Wildman–Crippen LogP) is 17.2. The standard InChI is InChI=1S/C60H44N2O2Si/c1-37-15-11-20-46-47-21-12-24-54(58(47)63-57(37)46)61(42-16-7-5-8-17-42)44-29-27-38-33-50-52(35-40(38)31-44)51-34-39-28-30-45(32-41(39)36-53(50)51)62(43-18-9-6-10-19-43)55-25-13-22-48-49-23-14-26-56(65(2,3)4)60(49)64-59(48)55/h5-36H,1-4H3. The van der Waals surface area contributed by atoms with Crippen LogP contribution in [0.4, 0.5) is 34.1 Å². The fourth-order valence-corrected chi connectivity index (χ4v) is 11.8. The molecule has 5 heteroatoms. The third kappa shape index (κ3) is 5.82. The molecule has 1 aliphatic carbocycles. The molecule has 0 atom stereocenters. The highest BCUT2D eigenvalue weighted by atomic mass is 28.3. The van der Waals surface area contributed by atoms with Crippen LogP contribution in [0.2, 0.25) is 19.6 Å². The molecule has 0 saturated carbocycles. The number of nitrogens with zero attached hydrogens (tertiary/aromatic N) is 2. The van der Waals surface area contributed by atoms with Gasteiger partial charge in [-0.15, -0.1) is 0 Å². The van der Waals surface area contributed by atoms with Crippen LogP contribution in [0.5, 0.6) is 0 Å². The van der Waals surface area contributed by atoms with Gasteiger partial charge in [0.15, 0.2) is 11.2 Å². The Balaban J connectivity index is 0.909. The van der Waals surface area contributed by atoms with Crippen molar-refractivity contribution in [2.24, 2.45) is 0 Å². The lowest BCUT2D eigenvalue weighted by molar-refractivity contribution is 0.666. The highest BCUT2D eigenvalue weighted by molar-refractivity contribution is 6.90. The maximum Gasteiger partial charge on any atom is 0.159 e. The lowest BCUT2D eigenvalue weighted by Crippen LogP contribution is -2.37. The molecule has 0 aliphatic heterocycles. The molecule has 0 radical (unpaired) electrons. The van der Waals surface area contributed by atoms with Crippen LogP contribution in [0.25, 0.3) is 87.7 Å². The number of benzene rings is 10. The van der Waals surface area contributed by atoms with Crippen LogP contribution >= 0.6 is 0 Å². The molecule has 1 aliphatic rings. The molecule has 0 amide bonds. The fourth-order valence-electron chi connectivity index (χ4n) is 10.4. The van der Waals surface area contributed by atoms with Crippen LogP contribution in [-0.2, 0) is 0 Å². The molecule has 0 fully saturated rings. The van der Waals surface area contributed by atoms with Crippen LogP contribution in [0, 0.1) is 6.92 Å². The van der Waals surface area contributed by atoms with E-state index in [0.717, 1.165) is 78.2 Å². The topological polar surface area (TPSA) is 32.8 Å². The number of aryl methyl sites for hydroxylation is 1. The van der Waals surface area contributed by atoms with Gasteiger partial charge in [-0.05, 0) is 146 Å². The second kappa shape index (κ2) is 14.1. The van der Waals surface area contributed by atoms with Crippen LogP contribution in [0.3, 0.4) is 0 Å². The molecule has 4 nitrogen and oxygen atoms in total. The van der Waals surface area contributed by atoms with Gasteiger partial charge in [-0.2, -0.15) is 0 Å². The van der Waals surface area contributed by atoms with E-state index >= 15 is 0 Å². The Kier molecular flexibility index (Phi) is 8.15. The lowest BCUT2D eigenvalue weighted by Gasteiger charge is -2.28. The molecular weight excluding hydrogens is 809 g/mol. The molecule has 0 saturated heterocycles. The Morgan fingerprint density at radius 3 is 1.25 bits per heavy atom. The molecule has 10 aromatic carbocycles. The lowest BCUT2D eigenvalue weighted by atomic mass is 9.78. The first kappa shape index (κ1) is 37.7. The highest BCUT2D eigenvalue weighted by Gasteiger charge is 2.28. The summed E-state index contributed by atoms with van der Waals surface area (Å²) in [6, 6.07) is 70.6. The summed E-state index contributed by atoms with van der Waals surface area (Å²) < 4.78 is 13.7. The third-order valence-electron chi connectivity index (χ3n) is 13.5. The summed E-state index contributed by atoms with van der Waals surface area (Å²) in [6.45, 7) is 9.28. The van der Waals surface area contributed by atoms with E-state index in [1.165, 1.54) is 54.4 Å². The molecule has 2 aromatic heterocycles. The molecule has 13 rings (SSSR count). The number of rotatable bonds is 7. The van der Waals surface area contributed by atoms with E-state index in [2.05, 4.69) is 230 Å². The van der Waals surface area contributed by atoms with E-state index in [1.54, 1.807) is 0 Å². The third-order valence-corrected chi connectivity index (χ3v) is 15.5. The Hall–Kier alpha value is -7.86. The van der Waals surface area contributed by atoms with E-state index in [9.17, 15) is 0 Å². The van der Waals surface area contributed by atoms with Gasteiger partial charge in [0.05, 0.1) is 19.4 Å². The summed E-state index contributed by atoms with van der Waals surface area (Å²) in [7, 11) is -1.67. The van der Waals surface area contributed by atoms with Gasteiger partial charge >= 0.3 is 0 Å². The van der Waals surface area contributed by atoms with E-state index in [1.807, 2.05) is 0 Å². The smallest absolute Gasteiger partial charge is 0.159 e. The van der Waals surface area contributed by atoms with Gasteiger partial charge in [0.25, 0.3) is 0 Å². The van der Waals surface area contributed by atoms with Crippen molar-refractivity contribution < 1.29 is 8.83 Å². The van der Waals surface area contributed by atoms with E-state index in [4.69, 9.17) is 8.83 Å². The van der Waals surface area contributed by atoms with Crippen molar-refractivity contribution in [2.75, 3.05) is 9.80 Å². The Labute approximate surface area is 378 Å². The summed E-state index contributed by atoms with van der Waals surface area (Å²) in [5, 5.41) is 10.8. The van der Waals surface area contributed by atoms with E-state index in [0.29, 0.717) is 0 Å². The SMILES string of the molecule is Cc1cccc2c1oc1c(N(c3ccccc3)c3ccc4cc5c(cc4c3)-c3cc4ccc(N(c6ccccc6)c6cccc7c6oc6c([Si](C)(C)C)cccc67)cc4cc3-5)cccc12. The number of hydrogen-bond acceptors (Lipinski definition) is 4. The fraction of sp³-hybridized carbons (Fsp3) is 0.0667. The Morgan fingerprint density at radius 1 is 0.338 bits per heavy atom. The average Bonchev–Trinajstić information content (AvgIpc) is 3.92. The van der Waals surface area contributed by atoms with E-state index < -0.39 is 8.07 Å². The molecule has 0 N–H and O–H groups in total. The zero-order chi connectivity index (χ0) is 43.6. The first-order valence-corrected chi connectivity index (χ1v) is 26.0. The Morgan fingerprint density at radius 2 is 0.754 bits per heavy atom. The molecule has 0 bridgehead atoms. The van der Waals surface area contributed by atoms with Gasteiger partial charge in [-0.3, -0.25) is 0 Å². The quantitative estimate of drug-likeness (QED) is 0.150. The van der Waals surface area contributed by atoms with Crippen molar-refractivity contribution in [1.29, 1.82) is 0 Å². The molecule has 65 heavy (non-hydrogen) atoms. The van der Waals surface area contributed by atoms with Crippen LogP contribution < -0.4 is 15.0 Å². The van der Waals surface area contributed by atoms with Crippen molar-refractivity contribution >= 4 is 113 Å². The molecular formula is C60H44N2O2Si. The number of fused-ring (bicyclic) bond motifs is 12. The molecule has 12 aromatic rings. The Bertz CT molecular complexity index is 3900. The van der Waals surface area contributed by atoms with E-state index in [-0.39, 0.29) is 0 Å². The maximum atomic E-state index is 6.95. The van der Waals surface area contributed by atoms with Crippen molar-refractivity contribution in [1.82, 2.24) is 0 Å². The summed E-state index contributed by atoms with van der Waals surface area (Å²) in [6.07, 6.45) is 0. The normalized spacial score (nSPS) is 12.3. The number of anilines is 6. The zero-order valence-corrected chi connectivity index (χ0v) is 37.7. The van der Waals surface area contributed by atoms with Crippen LogP contribution in [-0.4, -0.2) is 8.07 Å². The van der Waals surface area contributed by atoms with Gasteiger partial charge < -0.3 is 18.6 Å². The average molecular weight is 853 g/mol. The zero-order valence-electron chi connectivity index (χ0n) is 36.7. The van der Waals surface area contributed by atoms with Gasteiger partial charge in [0.1, 0.15) is 11.2 Å². The summed E-state index contributed by atoms with van der Waals surface area (Å²) in [5.41, 5.74) is 16.4. The minimum Gasteiger partial charge on any atom is -0.454 e. The highest BCUT2D eigenvalue weighted by Crippen LogP contribution is 2.52. The molecule has 0 spiro atoms. The molecule has 310 valence electrons. The van der Waals surface area contributed by atoms with Crippen molar-refractivity contribution in [3.8, 4) is 22.3 Å². The van der Waals surface area contributed by atoms with Crippen molar-refractivity contribution in [3.63, 3.8) is 0 Å². The minimum atomic E-state index is -1.67. The van der Waals surface area contributed by atoms with Crippen LogP contribution in [0.1, 0.15) is 5.56 Å². The molecule has 2 heterocycles. The maximum absolute atomic E-state index is 6.95. The molecule has 0 unspecified atom stereocenters. The summed E-state index contributed by atoms with van der Waals surface area (Å²) in [5.74, 6) is 0. The number of para-hydroxylation sites is 6. The number of hydrogen-bond donors (Lipinski definition) is 0.